The van der Waals surface area contributed by atoms with Crippen molar-refractivity contribution in [3.8, 4) is 0 Å². The van der Waals surface area contributed by atoms with E-state index in [0.29, 0.717) is 6.42 Å². The lowest BCUT2D eigenvalue weighted by atomic mass is 10.1. The zero-order valence-electron chi connectivity index (χ0n) is 10.8. The monoisotopic (exact) mass is 228 g/mol. The van der Waals surface area contributed by atoms with E-state index in [1.54, 1.807) is 0 Å². The number of carbonyl (C=O) groups excluding carboxylic acids is 1. The molecule has 0 aromatic carbocycles. The molecule has 0 unspecified atom stereocenters. The van der Waals surface area contributed by atoms with Gasteiger partial charge in [-0.15, -0.1) is 0 Å². The van der Waals surface area contributed by atoms with Crippen molar-refractivity contribution in [2.45, 2.75) is 64.7 Å². The average molecular weight is 228 g/mol. The van der Waals surface area contributed by atoms with Gasteiger partial charge >= 0.3 is 0 Å². The summed E-state index contributed by atoms with van der Waals surface area (Å²) in [6.07, 6.45) is 9.97. The van der Waals surface area contributed by atoms with Crippen LogP contribution in [-0.2, 0) is 4.79 Å². The lowest BCUT2D eigenvalue weighted by Crippen LogP contribution is -2.24. The van der Waals surface area contributed by atoms with E-state index >= 15 is 0 Å². The summed E-state index contributed by atoms with van der Waals surface area (Å²) in [4.78, 5) is 11.4. The normalized spacial score (nSPS) is 10.4. The molecule has 0 saturated carbocycles. The summed E-state index contributed by atoms with van der Waals surface area (Å²) in [6, 6.07) is 0. The maximum Gasteiger partial charge on any atom is 0.219 e. The summed E-state index contributed by atoms with van der Waals surface area (Å²) in [5, 5.41) is 2.95. The minimum atomic E-state index is 0.212. The van der Waals surface area contributed by atoms with Crippen molar-refractivity contribution in [1.82, 2.24) is 5.32 Å². The molecule has 0 aliphatic heterocycles. The molecule has 0 fully saturated rings. The number of amides is 1. The van der Waals surface area contributed by atoms with Gasteiger partial charge in [-0.25, -0.2) is 0 Å². The van der Waals surface area contributed by atoms with E-state index in [2.05, 4.69) is 12.2 Å². The maximum atomic E-state index is 11.4. The first-order chi connectivity index (χ1) is 7.81. The molecule has 0 aliphatic carbocycles. The van der Waals surface area contributed by atoms with Crippen LogP contribution in [0.2, 0.25) is 0 Å². The molecule has 0 rings (SSSR count). The lowest BCUT2D eigenvalue weighted by Gasteiger charge is -2.04. The fraction of sp³-hybridized carbons (Fsp3) is 0.923. The number of nitrogens with one attached hydrogen (secondary N) is 1. The molecule has 0 bridgehead atoms. The summed E-state index contributed by atoms with van der Waals surface area (Å²) in [5.41, 5.74) is 5.39. The van der Waals surface area contributed by atoms with Crippen LogP contribution in [0.3, 0.4) is 0 Å². The van der Waals surface area contributed by atoms with Gasteiger partial charge in [0.05, 0.1) is 0 Å². The standard InChI is InChI=1S/C13H28N2O/c1-2-3-4-5-7-10-13(16)15-12-9-6-8-11-14/h2-12,14H2,1H3,(H,15,16). The predicted octanol–water partition coefficient (Wildman–Crippen LogP) is 2.59. The summed E-state index contributed by atoms with van der Waals surface area (Å²) in [7, 11) is 0. The Morgan fingerprint density at radius 2 is 1.69 bits per heavy atom. The maximum absolute atomic E-state index is 11.4. The van der Waals surface area contributed by atoms with Crippen molar-refractivity contribution in [3.63, 3.8) is 0 Å². The molecule has 0 atom stereocenters. The molecular weight excluding hydrogens is 200 g/mol. The van der Waals surface area contributed by atoms with E-state index in [-0.39, 0.29) is 5.91 Å². The molecule has 0 aromatic heterocycles. The Bertz CT molecular complexity index is 144. The van der Waals surface area contributed by atoms with E-state index in [1.807, 2.05) is 0 Å². The highest BCUT2D eigenvalue weighted by atomic mass is 16.1. The first-order valence-electron chi connectivity index (χ1n) is 6.78. The third-order valence-electron chi connectivity index (χ3n) is 2.71. The number of unbranched alkanes of at least 4 members (excludes halogenated alkanes) is 6. The highest BCUT2D eigenvalue weighted by Crippen LogP contribution is 2.04. The predicted molar refractivity (Wildman–Crippen MR) is 69.3 cm³/mol. The molecule has 3 N–H and O–H groups in total. The number of hydrogen-bond donors (Lipinski definition) is 2. The summed E-state index contributed by atoms with van der Waals surface area (Å²) < 4.78 is 0. The van der Waals surface area contributed by atoms with Crippen LogP contribution in [0.25, 0.3) is 0 Å². The Balaban J connectivity index is 3.12. The molecule has 1 amide bonds. The second-order valence-corrected chi connectivity index (χ2v) is 4.36. The van der Waals surface area contributed by atoms with Crippen LogP contribution in [0.4, 0.5) is 0 Å². The van der Waals surface area contributed by atoms with Gasteiger partial charge in [0.1, 0.15) is 0 Å². The van der Waals surface area contributed by atoms with E-state index < -0.39 is 0 Å². The topological polar surface area (TPSA) is 55.1 Å². The highest BCUT2D eigenvalue weighted by Gasteiger charge is 1.99. The van der Waals surface area contributed by atoms with E-state index in [1.165, 1.54) is 25.7 Å². The lowest BCUT2D eigenvalue weighted by molar-refractivity contribution is -0.121. The van der Waals surface area contributed by atoms with Gasteiger partial charge in [0.25, 0.3) is 0 Å². The minimum absolute atomic E-state index is 0.212. The van der Waals surface area contributed by atoms with Crippen LogP contribution >= 0.6 is 0 Å². The van der Waals surface area contributed by atoms with Crippen molar-refractivity contribution in [1.29, 1.82) is 0 Å². The van der Waals surface area contributed by atoms with Gasteiger partial charge in [-0.3, -0.25) is 4.79 Å². The number of rotatable bonds is 11. The quantitative estimate of drug-likeness (QED) is 0.534. The van der Waals surface area contributed by atoms with Crippen LogP contribution < -0.4 is 11.1 Å². The Hall–Kier alpha value is -0.570. The molecule has 0 aliphatic rings. The molecule has 16 heavy (non-hydrogen) atoms. The smallest absolute Gasteiger partial charge is 0.219 e. The third-order valence-corrected chi connectivity index (χ3v) is 2.71. The van der Waals surface area contributed by atoms with Crippen molar-refractivity contribution in [2.75, 3.05) is 13.1 Å². The molecule has 0 aromatic rings. The van der Waals surface area contributed by atoms with Gasteiger partial charge in [0.15, 0.2) is 0 Å². The average Bonchev–Trinajstić information content (AvgIpc) is 2.28. The van der Waals surface area contributed by atoms with Crippen molar-refractivity contribution in [3.05, 3.63) is 0 Å². The Morgan fingerprint density at radius 1 is 1.00 bits per heavy atom. The fourth-order valence-corrected chi connectivity index (χ4v) is 1.65. The van der Waals surface area contributed by atoms with Crippen LogP contribution in [0.15, 0.2) is 0 Å². The fourth-order valence-electron chi connectivity index (χ4n) is 1.65. The van der Waals surface area contributed by atoms with Crippen LogP contribution in [-0.4, -0.2) is 19.0 Å². The Labute approximate surface area is 100 Å². The molecule has 3 nitrogen and oxygen atoms in total. The third kappa shape index (κ3) is 11.5. The van der Waals surface area contributed by atoms with Gasteiger partial charge in [-0.1, -0.05) is 39.0 Å². The largest absolute Gasteiger partial charge is 0.356 e. The molecule has 0 spiro atoms. The van der Waals surface area contributed by atoms with Crippen LogP contribution in [0.1, 0.15) is 64.7 Å². The second-order valence-electron chi connectivity index (χ2n) is 4.36. The van der Waals surface area contributed by atoms with Crippen LogP contribution in [0.5, 0.6) is 0 Å². The summed E-state index contributed by atoms with van der Waals surface area (Å²) >= 11 is 0. The van der Waals surface area contributed by atoms with Gasteiger partial charge < -0.3 is 11.1 Å². The zero-order chi connectivity index (χ0) is 12.1. The van der Waals surface area contributed by atoms with E-state index in [0.717, 1.165) is 38.8 Å². The summed E-state index contributed by atoms with van der Waals surface area (Å²) in [5.74, 6) is 0.212. The second kappa shape index (κ2) is 12.5. The molecule has 0 heterocycles. The number of nitrogens with two attached hydrogens (primary N) is 1. The number of hydrogen-bond acceptors (Lipinski definition) is 2. The van der Waals surface area contributed by atoms with Gasteiger partial charge in [-0.2, -0.15) is 0 Å². The first kappa shape index (κ1) is 15.4. The van der Waals surface area contributed by atoms with Crippen molar-refractivity contribution in [2.24, 2.45) is 5.73 Å². The summed E-state index contributed by atoms with van der Waals surface area (Å²) in [6.45, 7) is 3.77. The highest BCUT2D eigenvalue weighted by molar-refractivity contribution is 5.75. The van der Waals surface area contributed by atoms with Gasteiger partial charge in [0, 0.05) is 13.0 Å². The van der Waals surface area contributed by atoms with E-state index in [4.69, 9.17) is 5.73 Å². The number of carbonyl (C=O) groups is 1. The van der Waals surface area contributed by atoms with Gasteiger partial charge in [-0.05, 0) is 25.8 Å². The van der Waals surface area contributed by atoms with Crippen molar-refractivity contribution >= 4 is 5.91 Å². The van der Waals surface area contributed by atoms with Crippen LogP contribution in [0, 0.1) is 0 Å². The minimum Gasteiger partial charge on any atom is -0.356 e. The first-order valence-corrected chi connectivity index (χ1v) is 6.78. The van der Waals surface area contributed by atoms with E-state index in [9.17, 15) is 4.79 Å². The molecule has 0 radical (unpaired) electrons. The molecule has 96 valence electrons. The Kier molecular flexibility index (Phi) is 12.1. The van der Waals surface area contributed by atoms with Crippen molar-refractivity contribution < 1.29 is 4.79 Å². The molecule has 3 heteroatoms. The molecular formula is C13H28N2O. The SMILES string of the molecule is CCCCCCCC(=O)NCCCCCN. The molecule has 0 saturated heterocycles. The Morgan fingerprint density at radius 3 is 2.38 bits per heavy atom. The zero-order valence-corrected chi connectivity index (χ0v) is 10.8. The van der Waals surface area contributed by atoms with Gasteiger partial charge in [0.2, 0.25) is 5.91 Å².